The van der Waals surface area contributed by atoms with Crippen LogP contribution in [-0.2, 0) is 9.53 Å². The van der Waals surface area contributed by atoms with Crippen molar-refractivity contribution in [3.63, 3.8) is 0 Å². The van der Waals surface area contributed by atoms with E-state index in [9.17, 15) is 9.90 Å². The standard InChI is InChI=1S/C13H24N2O3/c1-13(12(16)17,14-10-3-4-10)6-8-15-7-5-11(9-15)18-2/h10-11,14H,3-9H2,1-2H3,(H,16,17). The summed E-state index contributed by atoms with van der Waals surface area (Å²) in [4.78, 5) is 13.7. The third-order valence-electron chi connectivity index (χ3n) is 4.06. The molecule has 2 rings (SSSR count). The molecule has 18 heavy (non-hydrogen) atoms. The van der Waals surface area contributed by atoms with E-state index in [1.807, 2.05) is 0 Å². The maximum absolute atomic E-state index is 11.4. The van der Waals surface area contributed by atoms with E-state index in [2.05, 4.69) is 10.2 Å². The van der Waals surface area contributed by atoms with Crippen molar-refractivity contribution in [2.75, 3.05) is 26.7 Å². The van der Waals surface area contributed by atoms with Crippen molar-refractivity contribution in [2.45, 2.75) is 50.3 Å². The normalized spacial score (nSPS) is 28.2. The molecule has 1 aliphatic carbocycles. The number of nitrogens with one attached hydrogen (secondary N) is 1. The molecule has 0 aromatic heterocycles. The Balaban J connectivity index is 1.80. The van der Waals surface area contributed by atoms with E-state index in [0.29, 0.717) is 18.6 Å². The molecule has 2 unspecified atom stereocenters. The summed E-state index contributed by atoms with van der Waals surface area (Å²) in [7, 11) is 1.74. The zero-order valence-corrected chi connectivity index (χ0v) is 11.3. The summed E-state index contributed by atoms with van der Waals surface area (Å²) in [6.45, 7) is 4.56. The molecule has 0 radical (unpaired) electrons. The molecule has 2 N–H and O–H groups in total. The van der Waals surface area contributed by atoms with E-state index in [0.717, 1.165) is 38.9 Å². The molecule has 104 valence electrons. The van der Waals surface area contributed by atoms with Gasteiger partial charge in [-0.05, 0) is 32.6 Å². The number of aliphatic carboxylic acids is 1. The molecule has 0 amide bonds. The predicted molar refractivity (Wildman–Crippen MR) is 68.7 cm³/mol. The van der Waals surface area contributed by atoms with Crippen LogP contribution in [0.2, 0.25) is 0 Å². The fraction of sp³-hybridized carbons (Fsp3) is 0.923. The van der Waals surface area contributed by atoms with Crippen molar-refractivity contribution < 1.29 is 14.6 Å². The third kappa shape index (κ3) is 3.43. The lowest BCUT2D eigenvalue weighted by Gasteiger charge is -2.28. The van der Waals surface area contributed by atoms with Crippen LogP contribution in [0.1, 0.15) is 32.6 Å². The Morgan fingerprint density at radius 1 is 1.50 bits per heavy atom. The Hall–Kier alpha value is -0.650. The Labute approximate surface area is 108 Å². The van der Waals surface area contributed by atoms with Gasteiger partial charge >= 0.3 is 5.97 Å². The van der Waals surface area contributed by atoms with E-state index in [4.69, 9.17) is 4.74 Å². The number of ether oxygens (including phenoxy) is 1. The van der Waals surface area contributed by atoms with Crippen LogP contribution in [0.4, 0.5) is 0 Å². The highest BCUT2D eigenvalue weighted by Gasteiger charge is 2.38. The Morgan fingerprint density at radius 2 is 2.22 bits per heavy atom. The number of hydrogen-bond acceptors (Lipinski definition) is 4. The first-order chi connectivity index (χ1) is 8.53. The van der Waals surface area contributed by atoms with Gasteiger partial charge in [0.25, 0.3) is 0 Å². The lowest BCUT2D eigenvalue weighted by molar-refractivity contribution is -0.144. The summed E-state index contributed by atoms with van der Waals surface area (Å²) in [6.07, 6.45) is 4.24. The minimum Gasteiger partial charge on any atom is -0.480 e. The highest BCUT2D eigenvalue weighted by molar-refractivity contribution is 5.78. The van der Waals surface area contributed by atoms with Crippen molar-refractivity contribution in [1.82, 2.24) is 10.2 Å². The molecule has 0 aromatic rings. The summed E-state index contributed by atoms with van der Waals surface area (Å²) in [5.41, 5.74) is -0.785. The largest absolute Gasteiger partial charge is 0.480 e. The van der Waals surface area contributed by atoms with Crippen molar-refractivity contribution in [2.24, 2.45) is 0 Å². The molecule has 5 heteroatoms. The fourth-order valence-electron chi connectivity index (χ4n) is 2.49. The summed E-state index contributed by atoms with van der Waals surface area (Å²) >= 11 is 0. The summed E-state index contributed by atoms with van der Waals surface area (Å²) < 4.78 is 5.32. The molecule has 1 saturated heterocycles. The quantitative estimate of drug-likeness (QED) is 0.702. The zero-order valence-electron chi connectivity index (χ0n) is 11.3. The highest BCUT2D eigenvalue weighted by Crippen LogP contribution is 2.25. The lowest BCUT2D eigenvalue weighted by atomic mass is 9.97. The van der Waals surface area contributed by atoms with Gasteiger partial charge in [0, 0.05) is 32.8 Å². The van der Waals surface area contributed by atoms with E-state index in [-0.39, 0.29) is 0 Å². The molecule has 1 aliphatic heterocycles. The van der Waals surface area contributed by atoms with Crippen molar-refractivity contribution >= 4 is 5.97 Å². The first kappa shape index (κ1) is 13.8. The van der Waals surface area contributed by atoms with Gasteiger partial charge in [0.05, 0.1) is 6.10 Å². The minimum absolute atomic E-state index is 0.317. The summed E-state index contributed by atoms with van der Waals surface area (Å²) in [5, 5.41) is 12.6. The number of methoxy groups -OCH3 is 1. The molecule has 0 bridgehead atoms. The number of carbonyl (C=O) groups is 1. The van der Waals surface area contributed by atoms with E-state index in [1.165, 1.54) is 0 Å². The van der Waals surface area contributed by atoms with Gasteiger partial charge in [-0.2, -0.15) is 0 Å². The average molecular weight is 256 g/mol. The molecule has 2 fully saturated rings. The number of likely N-dealkylation sites (tertiary alicyclic amines) is 1. The number of hydrogen-bond donors (Lipinski definition) is 2. The highest BCUT2D eigenvalue weighted by atomic mass is 16.5. The molecule has 0 spiro atoms. The second kappa shape index (κ2) is 5.55. The van der Waals surface area contributed by atoms with E-state index < -0.39 is 11.5 Å². The van der Waals surface area contributed by atoms with E-state index in [1.54, 1.807) is 14.0 Å². The average Bonchev–Trinajstić information content (AvgIpc) is 3.02. The molecular weight excluding hydrogens is 232 g/mol. The zero-order chi connectivity index (χ0) is 13.2. The van der Waals surface area contributed by atoms with Crippen LogP contribution in [0.15, 0.2) is 0 Å². The molecular formula is C13H24N2O3. The van der Waals surface area contributed by atoms with Crippen LogP contribution in [0.3, 0.4) is 0 Å². The van der Waals surface area contributed by atoms with Crippen LogP contribution in [0.5, 0.6) is 0 Å². The van der Waals surface area contributed by atoms with Gasteiger partial charge < -0.3 is 14.7 Å². The predicted octanol–water partition coefficient (Wildman–Crippen LogP) is 0.693. The van der Waals surface area contributed by atoms with Crippen LogP contribution in [0.25, 0.3) is 0 Å². The SMILES string of the molecule is COC1CCN(CCC(C)(NC2CC2)C(=O)O)C1. The van der Waals surface area contributed by atoms with Crippen LogP contribution in [-0.4, -0.2) is 60.4 Å². The minimum atomic E-state index is -0.785. The van der Waals surface area contributed by atoms with Crippen molar-refractivity contribution in [3.05, 3.63) is 0 Å². The first-order valence-electron chi connectivity index (χ1n) is 6.80. The number of carboxylic acid groups (broad SMARTS) is 1. The molecule has 5 nitrogen and oxygen atoms in total. The second-order valence-corrected chi connectivity index (χ2v) is 5.75. The van der Waals surface area contributed by atoms with Crippen LogP contribution in [0, 0.1) is 0 Å². The molecule has 2 aliphatic rings. The Morgan fingerprint density at radius 3 is 2.72 bits per heavy atom. The van der Waals surface area contributed by atoms with Gasteiger partial charge in [0.1, 0.15) is 5.54 Å². The second-order valence-electron chi connectivity index (χ2n) is 5.75. The maximum atomic E-state index is 11.4. The van der Waals surface area contributed by atoms with Crippen molar-refractivity contribution in [3.8, 4) is 0 Å². The summed E-state index contributed by atoms with van der Waals surface area (Å²) in [5.74, 6) is -0.739. The Kier molecular flexibility index (Phi) is 4.25. The summed E-state index contributed by atoms with van der Waals surface area (Å²) in [6, 6.07) is 0.413. The third-order valence-corrected chi connectivity index (χ3v) is 4.06. The van der Waals surface area contributed by atoms with Gasteiger partial charge in [-0.15, -0.1) is 0 Å². The first-order valence-corrected chi connectivity index (χ1v) is 6.80. The van der Waals surface area contributed by atoms with Gasteiger partial charge in [0.15, 0.2) is 0 Å². The smallest absolute Gasteiger partial charge is 0.323 e. The molecule has 2 atom stereocenters. The lowest BCUT2D eigenvalue weighted by Crippen LogP contribution is -2.52. The van der Waals surface area contributed by atoms with Crippen LogP contribution >= 0.6 is 0 Å². The number of rotatable bonds is 7. The van der Waals surface area contributed by atoms with Gasteiger partial charge in [-0.3, -0.25) is 10.1 Å². The molecule has 0 aromatic carbocycles. The monoisotopic (exact) mass is 256 g/mol. The van der Waals surface area contributed by atoms with Crippen molar-refractivity contribution in [1.29, 1.82) is 0 Å². The maximum Gasteiger partial charge on any atom is 0.323 e. The van der Waals surface area contributed by atoms with Crippen LogP contribution < -0.4 is 5.32 Å². The van der Waals surface area contributed by atoms with Gasteiger partial charge in [0.2, 0.25) is 0 Å². The van der Waals surface area contributed by atoms with E-state index >= 15 is 0 Å². The fourth-order valence-corrected chi connectivity index (χ4v) is 2.49. The molecule has 1 heterocycles. The number of nitrogens with zero attached hydrogens (tertiary/aromatic N) is 1. The number of carboxylic acids is 1. The topological polar surface area (TPSA) is 61.8 Å². The van der Waals surface area contributed by atoms with Gasteiger partial charge in [-0.25, -0.2) is 0 Å². The Bertz CT molecular complexity index is 307. The van der Waals surface area contributed by atoms with Gasteiger partial charge in [-0.1, -0.05) is 0 Å². The molecule has 1 saturated carbocycles.